The van der Waals surface area contributed by atoms with Crippen molar-refractivity contribution >= 4 is 17.6 Å². The van der Waals surface area contributed by atoms with Crippen molar-refractivity contribution in [2.45, 2.75) is 13.8 Å². The Labute approximate surface area is 138 Å². The summed E-state index contributed by atoms with van der Waals surface area (Å²) in [5, 5.41) is 8.53. The normalized spacial score (nSPS) is 10.6. The molecular weight excluding hydrogens is 314 g/mol. The highest BCUT2D eigenvalue weighted by Gasteiger charge is 2.19. The van der Waals surface area contributed by atoms with E-state index in [0.717, 1.165) is 11.3 Å². The number of rotatable bonds is 3. The van der Waals surface area contributed by atoms with Crippen LogP contribution in [-0.4, -0.2) is 21.0 Å². The Morgan fingerprint density at radius 3 is 2.65 bits per heavy atom. The number of halogens is 1. The molecule has 0 fully saturated rings. The topological polar surface area (TPSA) is 57.0 Å². The lowest BCUT2D eigenvalue weighted by Gasteiger charge is -2.05. The molecule has 1 heterocycles. The van der Waals surface area contributed by atoms with Crippen LogP contribution in [0.5, 0.6) is 5.75 Å². The smallest absolute Gasteiger partial charge is 0.366 e. The molecule has 0 N–H and O–H groups in total. The molecule has 1 aromatic heterocycles. The number of aromatic nitrogens is 3. The predicted octanol–water partition coefficient (Wildman–Crippen LogP) is 3.76. The second-order valence-electron chi connectivity index (χ2n) is 5.12. The SMILES string of the molecule is Cc1cccc(OC(=O)c2nnn(-c3cccc(Cl)c3)c2C)c1. The summed E-state index contributed by atoms with van der Waals surface area (Å²) in [5.41, 5.74) is 2.50. The highest BCUT2D eigenvalue weighted by molar-refractivity contribution is 6.30. The molecular formula is C17H14ClN3O2. The van der Waals surface area contributed by atoms with Gasteiger partial charge in [0.15, 0.2) is 5.69 Å². The fraction of sp³-hybridized carbons (Fsp3) is 0.118. The Balaban J connectivity index is 1.88. The van der Waals surface area contributed by atoms with E-state index in [0.29, 0.717) is 16.5 Å². The van der Waals surface area contributed by atoms with Crippen LogP contribution in [0.4, 0.5) is 0 Å². The van der Waals surface area contributed by atoms with Crippen molar-refractivity contribution in [2.24, 2.45) is 0 Å². The van der Waals surface area contributed by atoms with E-state index in [2.05, 4.69) is 10.3 Å². The molecule has 0 aliphatic carbocycles. The van der Waals surface area contributed by atoms with Crippen LogP contribution in [-0.2, 0) is 0 Å². The Bertz CT molecular complexity index is 874. The molecule has 116 valence electrons. The molecule has 0 radical (unpaired) electrons. The van der Waals surface area contributed by atoms with E-state index in [9.17, 15) is 4.79 Å². The van der Waals surface area contributed by atoms with Gasteiger partial charge in [-0.3, -0.25) is 0 Å². The molecule has 3 rings (SSSR count). The lowest BCUT2D eigenvalue weighted by molar-refractivity contribution is 0.0727. The number of ether oxygens (including phenoxy) is 1. The van der Waals surface area contributed by atoms with Crippen LogP contribution < -0.4 is 4.74 Å². The van der Waals surface area contributed by atoms with E-state index in [1.807, 2.05) is 31.2 Å². The van der Waals surface area contributed by atoms with Gasteiger partial charge in [0.25, 0.3) is 0 Å². The van der Waals surface area contributed by atoms with Crippen molar-refractivity contribution < 1.29 is 9.53 Å². The zero-order valence-corrected chi connectivity index (χ0v) is 13.4. The average Bonchev–Trinajstić information content (AvgIpc) is 2.89. The number of carbonyl (C=O) groups is 1. The maximum Gasteiger partial charge on any atom is 0.366 e. The molecule has 0 amide bonds. The van der Waals surface area contributed by atoms with Gasteiger partial charge in [0.2, 0.25) is 0 Å². The summed E-state index contributed by atoms with van der Waals surface area (Å²) < 4.78 is 6.91. The summed E-state index contributed by atoms with van der Waals surface area (Å²) in [6.45, 7) is 3.69. The fourth-order valence-corrected chi connectivity index (χ4v) is 2.39. The first-order chi connectivity index (χ1) is 11.0. The quantitative estimate of drug-likeness (QED) is 0.543. The fourth-order valence-electron chi connectivity index (χ4n) is 2.21. The third kappa shape index (κ3) is 3.24. The second-order valence-corrected chi connectivity index (χ2v) is 5.56. The standard InChI is InChI=1S/C17H14ClN3O2/c1-11-5-3-8-15(9-11)23-17(22)16-12(2)21(20-19-16)14-7-4-6-13(18)10-14/h3-10H,1-2H3. The van der Waals surface area contributed by atoms with Gasteiger partial charge in [0.05, 0.1) is 11.4 Å². The van der Waals surface area contributed by atoms with Crippen LogP contribution in [0.1, 0.15) is 21.7 Å². The highest BCUT2D eigenvalue weighted by Crippen LogP contribution is 2.18. The van der Waals surface area contributed by atoms with Gasteiger partial charge in [-0.1, -0.05) is 35.0 Å². The largest absolute Gasteiger partial charge is 0.422 e. The Morgan fingerprint density at radius 1 is 1.13 bits per heavy atom. The van der Waals surface area contributed by atoms with Gasteiger partial charge < -0.3 is 4.74 Å². The van der Waals surface area contributed by atoms with Gasteiger partial charge in [0.1, 0.15) is 5.75 Å². The molecule has 0 saturated heterocycles. The minimum absolute atomic E-state index is 0.173. The monoisotopic (exact) mass is 327 g/mol. The van der Waals surface area contributed by atoms with E-state index in [-0.39, 0.29) is 5.69 Å². The maximum atomic E-state index is 12.3. The molecule has 0 unspecified atom stereocenters. The summed E-state index contributed by atoms with van der Waals surface area (Å²) in [7, 11) is 0. The van der Waals surface area contributed by atoms with Crippen LogP contribution in [0, 0.1) is 13.8 Å². The Hall–Kier alpha value is -2.66. The zero-order valence-electron chi connectivity index (χ0n) is 12.7. The number of benzene rings is 2. The Morgan fingerprint density at radius 2 is 1.91 bits per heavy atom. The third-order valence-corrected chi connectivity index (χ3v) is 3.58. The number of hydrogen-bond donors (Lipinski definition) is 0. The Kier molecular flexibility index (Phi) is 4.12. The summed E-state index contributed by atoms with van der Waals surface area (Å²) in [6.07, 6.45) is 0. The second kappa shape index (κ2) is 6.22. The molecule has 23 heavy (non-hydrogen) atoms. The van der Waals surface area contributed by atoms with Crippen molar-refractivity contribution in [3.8, 4) is 11.4 Å². The van der Waals surface area contributed by atoms with Crippen LogP contribution in [0.25, 0.3) is 5.69 Å². The summed E-state index contributed by atoms with van der Waals surface area (Å²) in [5.74, 6) is -0.0620. The minimum atomic E-state index is -0.540. The molecule has 0 spiro atoms. The predicted molar refractivity (Wildman–Crippen MR) is 87.2 cm³/mol. The van der Waals surface area contributed by atoms with E-state index in [1.54, 1.807) is 35.9 Å². The van der Waals surface area contributed by atoms with Gasteiger partial charge in [-0.15, -0.1) is 5.10 Å². The number of carbonyl (C=O) groups excluding carboxylic acids is 1. The van der Waals surface area contributed by atoms with Crippen molar-refractivity contribution in [3.63, 3.8) is 0 Å². The van der Waals surface area contributed by atoms with Crippen molar-refractivity contribution in [1.29, 1.82) is 0 Å². The van der Waals surface area contributed by atoms with Gasteiger partial charge in [-0.25, -0.2) is 9.48 Å². The number of hydrogen-bond acceptors (Lipinski definition) is 4. The van der Waals surface area contributed by atoms with Crippen molar-refractivity contribution in [1.82, 2.24) is 15.0 Å². The van der Waals surface area contributed by atoms with E-state index >= 15 is 0 Å². The molecule has 5 nitrogen and oxygen atoms in total. The number of esters is 1. The number of aryl methyl sites for hydroxylation is 1. The molecule has 2 aromatic carbocycles. The maximum absolute atomic E-state index is 12.3. The molecule has 0 aliphatic heterocycles. The first-order valence-corrected chi connectivity index (χ1v) is 7.39. The highest BCUT2D eigenvalue weighted by atomic mass is 35.5. The molecule has 0 bridgehead atoms. The van der Waals surface area contributed by atoms with Crippen molar-refractivity contribution in [3.05, 3.63) is 70.5 Å². The zero-order chi connectivity index (χ0) is 16.4. The number of nitrogens with zero attached hydrogens (tertiary/aromatic N) is 3. The van der Waals surface area contributed by atoms with Gasteiger partial charge >= 0.3 is 5.97 Å². The molecule has 0 saturated carbocycles. The average molecular weight is 328 g/mol. The van der Waals surface area contributed by atoms with E-state index < -0.39 is 5.97 Å². The van der Waals surface area contributed by atoms with E-state index in [1.165, 1.54) is 0 Å². The van der Waals surface area contributed by atoms with Crippen LogP contribution >= 0.6 is 11.6 Å². The summed E-state index contributed by atoms with van der Waals surface area (Å²) in [6, 6.07) is 14.4. The molecule has 3 aromatic rings. The van der Waals surface area contributed by atoms with Crippen molar-refractivity contribution in [2.75, 3.05) is 0 Å². The first kappa shape index (κ1) is 15.2. The lowest BCUT2D eigenvalue weighted by Crippen LogP contribution is -2.11. The molecule has 6 heteroatoms. The van der Waals surface area contributed by atoms with Gasteiger partial charge in [-0.2, -0.15) is 0 Å². The summed E-state index contributed by atoms with van der Waals surface area (Å²) in [4.78, 5) is 12.3. The van der Waals surface area contributed by atoms with Crippen LogP contribution in [0.15, 0.2) is 48.5 Å². The van der Waals surface area contributed by atoms with Crippen LogP contribution in [0.3, 0.4) is 0 Å². The van der Waals surface area contributed by atoms with Gasteiger partial charge in [-0.05, 0) is 49.7 Å². The first-order valence-electron chi connectivity index (χ1n) is 7.01. The van der Waals surface area contributed by atoms with E-state index in [4.69, 9.17) is 16.3 Å². The minimum Gasteiger partial charge on any atom is -0.422 e. The molecule has 0 atom stereocenters. The molecule has 0 aliphatic rings. The van der Waals surface area contributed by atoms with Crippen LogP contribution in [0.2, 0.25) is 5.02 Å². The lowest BCUT2D eigenvalue weighted by atomic mass is 10.2. The van der Waals surface area contributed by atoms with Gasteiger partial charge in [0, 0.05) is 5.02 Å². The third-order valence-electron chi connectivity index (χ3n) is 3.34. The summed E-state index contributed by atoms with van der Waals surface area (Å²) >= 11 is 5.99.